The van der Waals surface area contributed by atoms with Gasteiger partial charge in [-0.3, -0.25) is 0 Å². The molecule has 98 valence electrons. The molecule has 0 aromatic carbocycles. The molecule has 0 unspecified atom stereocenters. The number of hydrogen-bond acceptors (Lipinski definition) is 4. The fraction of sp³-hybridized carbons (Fsp3) is 0.538. The molecule has 0 radical (unpaired) electrons. The summed E-state index contributed by atoms with van der Waals surface area (Å²) in [5.74, 6) is 0.494. The summed E-state index contributed by atoms with van der Waals surface area (Å²) >= 11 is 0. The summed E-state index contributed by atoms with van der Waals surface area (Å²) in [6, 6.07) is 1.95. The van der Waals surface area contributed by atoms with Gasteiger partial charge in [0, 0.05) is 25.8 Å². The molecule has 0 aliphatic rings. The smallest absolute Gasteiger partial charge is 0.151 e. The molecule has 0 aliphatic heterocycles. The highest BCUT2D eigenvalue weighted by atomic mass is 15.1. The van der Waals surface area contributed by atoms with Crippen molar-refractivity contribution < 1.29 is 0 Å². The third kappa shape index (κ3) is 2.98. The fourth-order valence-electron chi connectivity index (χ4n) is 1.85. The lowest BCUT2D eigenvalue weighted by molar-refractivity contribution is 0.376. The lowest BCUT2D eigenvalue weighted by atomic mass is 9.97. The van der Waals surface area contributed by atoms with E-state index in [0.717, 1.165) is 30.7 Å². The van der Waals surface area contributed by atoms with Crippen LogP contribution in [-0.2, 0) is 6.54 Å². The lowest BCUT2D eigenvalue weighted by Gasteiger charge is -2.18. The van der Waals surface area contributed by atoms with Crippen molar-refractivity contribution in [3.8, 4) is 0 Å². The van der Waals surface area contributed by atoms with Crippen LogP contribution in [0.5, 0.6) is 0 Å². The van der Waals surface area contributed by atoms with Crippen molar-refractivity contribution in [1.29, 1.82) is 0 Å². The van der Waals surface area contributed by atoms with Crippen LogP contribution < -0.4 is 11.1 Å². The van der Waals surface area contributed by atoms with E-state index >= 15 is 0 Å². The summed E-state index contributed by atoms with van der Waals surface area (Å²) in [7, 11) is 0. The van der Waals surface area contributed by atoms with Crippen LogP contribution in [0.3, 0.4) is 0 Å². The number of nitrogen functional groups attached to an aromatic ring is 1. The van der Waals surface area contributed by atoms with Crippen LogP contribution in [0.25, 0.3) is 11.0 Å². The number of imidazole rings is 1. The summed E-state index contributed by atoms with van der Waals surface area (Å²) < 4.78 is 2.10. The normalized spacial score (nSPS) is 12.2. The van der Waals surface area contributed by atoms with Crippen molar-refractivity contribution in [2.24, 2.45) is 5.41 Å². The maximum absolute atomic E-state index is 5.78. The summed E-state index contributed by atoms with van der Waals surface area (Å²) in [6.07, 6.45) is 3.54. The van der Waals surface area contributed by atoms with E-state index < -0.39 is 0 Å². The predicted molar refractivity (Wildman–Crippen MR) is 74.3 cm³/mol. The maximum atomic E-state index is 5.78. The molecule has 0 aliphatic carbocycles. The standard InChI is InChI=1S/C13H21N5/c1-13(2,3)8-15-6-7-18-9-17-11-10(18)4-5-16-12(11)14/h4-5,9,15H,6-8H2,1-3H3,(H2,14,16). The lowest BCUT2D eigenvalue weighted by Crippen LogP contribution is -2.29. The Morgan fingerprint density at radius 3 is 2.83 bits per heavy atom. The van der Waals surface area contributed by atoms with Gasteiger partial charge in [-0.2, -0.15) is 0 Å². The molecule has 5 heteroatoms. The van der Waals surface area contributed by atoms with Crippen molar-refractivity contribution in [2.75, 3.05) is 18.8 Å². The first-order valence-corrected chi connectivity index (χ1v) is 6.23. The van der Waals surface area contributed by atoms with Gasteiger partial charge in [-0.05, 0) is 11.5 Å². The number of hydrogen-bond donors (Lipinski definition) is 2. The zero-order valence-corrected chi connectivity index (χ0v) is 11.3. The quantitative estimate of drug-likeness (QED) is 0.806. The SMILES string of the molecule is CC(C)(C)CNCCn1cnc2c(N)nccc21. The second-order valence-corrected chi connectivity index (χ2v) is 5.74. The minimum Gasteiger partial charge on any atom is -0.382 e. The highest BCUT2D eigenvalue weighted by molar-refractivity contribution is 5.84. The van der Waals surface area contributed by atoms with Crippen molar-refractivity contribution >= 4 is 16.9 Å². The molecular weight excluding hydrogens is 226 g/mol. The molecule has 0 fully saturated rings. The Morgan fingerprint density at radius 1 is 1.33 bits per heavy atom. The van der Waals surface area contributed by atoms with Crippen molar-refractivity contribution in [3.05, 3.63) is 18.6 Å². The first-order valence-electron chi connectivity index (χ1n) is 6.23. The Hall–Kier alpha value is -1.62. The monoisotopic (exact) mass is 247 g/mol. The molecule has 5 nitrogen and oxygen atoms in total. The second-order valence-electron chi connectivity index (χ2n) is 5.74. The van der Waals surface area contributed by atoms with E-state index in [9.17, 15) is 0 Å². The van der Waals surface area contributed by atoms with Crippen LogP contribution in [0.4, 0.5) is 5.82 Å². The van der Waals surface area contributed by atoms with Crippen LogP contribution in [0.1, 0.15) is 20.8 Å². The Balaban J connectivity index is 1.98. The average molecular weight is 247 g/mol. The van der Waals surface area contributed by atoms with Gasteiger partial charge in [0.05, 0.1) is 11.8 Å². The molecular formula is C13H21N5. The summed E-state index contributed by atoms with van der Waals surface area (Å²) in [5.41, 5.74) is 7.92. The second kappa shape index (κ2) is 4.94. The Bertz CT molecular complexity index is 524. The van der Waals surface area contributed by atoms with Crippen LogP contribution in [0.15, 0.2) is 18.6 Å². The summed E-state index contributed by atoms with van der Waals surface area (Å²) in [4.78, 5) is 8.33. The van der Waals surface area contributed by atoms with Crippen LogP contribution in [-0.4, -0.2) is 27.6 Å². The molecule has 0 saturated heterocycles. The van der Waals surface area contributed by atoms with Crippen molar-refractivity contribution in [2.45, 2.75) is 27.3 Å². The van der Waals surface area contributed by atoms with Crippen LogP contribution >= 0.6 is 0 Å². The number of fused-ring (bicyclic) bond motifs is 1. The minimum absolute atomic E-state index is 0.311. The first kappa shape index (κ1) is 12.8. The number of nitrogens with zero attached hydrogens (tertiary/aromatic N) is 3. The van der Waals surface area contributed by atoms with Crippen molar-refractivity contribution in [3.63, 3.8) is 0 Å². The van der Waals surface area contributed by atoms with Gasteiger partial charge in [0.15, 0.2) is 5.82 Å². The zero-order chi connectivity index (χ0) is 13.2. The Labute approximate surface area is 107 Å². The van der Waals surface area contributed by atoms with Crippen molar-refractivity contribution in [1.82, 2.24) is 19.9 Å². The number of nitrogens with two attached hydrogens (primary N) is 1. The highest BCUT2D eigenvalue weighted by Gasteiger charge is 2.09. The van der Waals surface area contributed by atoms with E-state index in [1.807, 2.05) is 12.4 Å². The molecule has 0 saturated carbocycles. The molecule has 2 aromatic rings. The van der Waals surface area contributed by atoms with Gasteiger partial charge >= 0.3 is 0 Å². The highest BCUT2D eigenvalue weighted by Crippen LogP contribution is 2.16. The number of nitrogens with one attached hydrogen (secondary N) is 1. The molecule has 3 N–H and O–H groups in total. The molecule has 18 heavy (non-hydrogen) atoms. The van der Waals surface area contributed by atoms with E-state index in [4.69, 9.17) is 5.73 Å². The third-order valence-corrected chi connectivity index (χ3v) is 2.75. The van der Waals surface area contributed by atoms with Gasteiger partial charge in [-0.25, -0.2) is 9.97 Å². The van der Waals surface area contributed by atoms with Gasteiger partial charge in [0.2, 0.25) is 0 Å². The largest absolute Gasteiger partial charge is 0.382 e. The molecule has 2 heterocycles. The molecule has 2 rings (SSSR count). The van der Waals surface area contributed by atoms with Gasteiger partial charge in [-0.1, -0.05) is 20.8 Å². The summed E-state index contributed by atoms with van der Waals surface area (Å²) in [5, 5.41) is 3.45. The van der Waals surface area contributed by atoms with E-state index in [1.54, 1.807) is 6.20 Å². The Morgan fingerprint density at radius 2 is 2.11 bits per heavy atom. The topological polar surface area (TPSA) is 68.8 Å². The fourth-order valence-corrected chi connectivity index (χ4v) is 1.85. The molecule has 0 atom stereocenters. The molecule has 0 bridgehead atoms. The van der Waals surface area contributed by atoms with E-state index in [0.29, 0.717) is 11.2 Å². The average Bonchev–Trinajstić information content (AvgIpc) is 2.68. The maximum Gasteiger partial charge on any atom is 0.151 e. The number of anilines is 1. The Kier molecular flexibility index (Phi) is 3.52. The number of pyridine rings is 1. The van der Waals surface area contributed by atoms with E-state index in [2.05, 4.69) is 40.6 Å². The van der Waals surface area contributed by atoms with Crippen LogP contribution in [0.2, 0.25) is 0 Å². The summed E-state index contributed by atoms with van der Waals surface area (Å²) in [6.45, 7) is 9.47. The number of aromatic nitrogens is 3. The van der Waals surface area contributed by atoms with Gasteiger partial charge in [0.25, 0.3) is 0 Å². The zero-order valence-electron chi connectivity index (χ0n) is 11.3. The number of rotatable bonds is 4. The van der Waals surface area contributed by atoms with Gasteiger partial charge in [0.1, 0.15) is 5.52 Å². The third-order valence-electron chi connectivity index (χ3n) is 2.75. The van der Waals surface area contributed by atoms with Gasteiger partial charge in [-0.15, -0.1) is 0 Å². The minimum atomic E-state index is 0.311. The predicted octanol–water partition coefficient (Wildman–Crippen LogP) is 1.65. The van der Waals surface area contributed by atoms with E-state index in [-0.39, 0.29) is 0 Å². The van der Waals surface area contributed by atoms with Crippen LogP contribution in [0, 0.1) is 5.41 Å². The molecule has 0 amide bonds. The van der Waals surface area contributed by atoms with Gasteiger partial charge < -0.3 is 15.6 Å². The first-order chi connectivity index (χ1) is 8.47. The van der Waals surface area contributed by atoms with E-state index in [1.165, 1.54) is 0 Å². The molecule has 2 aromatic heterocycles. The molecule has 0 spiro atoms.